The molecule has 1 aromatic carbocycles. The van der Waals surface area contributed by atoms with Crippen molar-refractivity contribution in [3.63, 3.8) is 0 Å². The summed E-state index contributed by atoms with van der Waals surface area (Å²) in [6.45, 7) is 2.05. The van der Waals surface area contributed by atoms with E-state index in [4.69, 9.17) is 9.84 Å². The van der Waals surface area contributed by atoms with Crippen molar-refractivity contribution in [2.24, 2.45) is 0 Å². The first kappa shape index (κ1) is 12.4. The molecule has 0 saturated heterocycles. The quantitative estimate of drug-likeness (QED) is 0.929. The van der Waals surface area contributed by atoms with Crippen molar-refractivity contribution in [3.8, 4) is 5.75 Å². The first-order chi connectivity index (χ1) is 8.06. The Bertz CT molecular complexity index is 443. The minimum Gasteiger partial charge on any atom is -0.490 e. The van der Waals surface area contributed by atoms with Crippen LogP contribution in [0.15, 0.2) is 16.6 Å². The average molecular weight is 299 g/mol. The van der Waals surface area contributed by atoms with Gasteiger partial charge < -0.3 is 9.84 Å². The maximum absolute atomic E-state index is 10.5. The van der Waals surface area contributed by atoms with E-state index in [1.807, 2.05) is 6.07 Å². The molecule has 0 fully saturated rings. The summed E-state index contributed by atoms with van der Waals surface area (Å²) in [6, 6.07) is 4.11. The molecular weight excluding hydrogens is 284 g/mol. The Kier molecular flexibility index (Phi) is 3.72. The number of aryl methyl sites for hydroxylation is 1. The zero-order chi connectivity index (χ0) is 12.4. The van der Waals surface area contributed by atoms with Crippen molar-refractivity contribution in [2.45, 2.75) is 38.7 Å². The lowest BCUT2D eigenvalue weighted by Gasteiger charge is -2.09. The van der Waals surface area contributed by atoms with E-state index in [-0.39, 0.29) is 12.5 Å². The van der Waals surface area contributed by atoms with Crippen LogP contribution in [-0.2, 0) is 17.6 Å². The first-order valence-corrected chi connectivity index (χ1v) is 6.55. The lowest BCUT2D eigenvalue weighted by Crippen LogP contribution is -2.06. The molecule has 0 aromatic heterocycles. The van der Waals surface area contributed by atoms with Crippen LogP contribution < -0.4 is 4.74 Å². The predicted molar refractivity (Wildman–Crippen MR) is 68.5 cm³/mol. The van der Waals surface area contributed by atoms with E-state index in [9.17, 15) is 4.79 Å². The van der Waals surface area contributed by atoms with Crippen LogP contribution in [0.25, 0.3) is 0 Å². The van der Waals surface area contributed by atoms with Crippen LogP contribution in [0, 0.1) is 0 Å². The van der Waals surface area contributed by atoms with Gasteiger partial charge in [0.25, 0.3) is 0 Å². The Morgan fingerprint density at radius 2 is 2.35 bits per heavy atom. The summed E-state index contributed by atoms with van der Waals surface area (Å²) < 4.78 is 6.82. The molecule has 3 nitrogen and oxygen atoms in total. The van der Waals surface area contributed by atoms with E-state index in [2.05, 4.69) is 28.9 Å². The fourth-order valence-corrected chi connectivity index (χ4v) is 2.74. The number of hydrogen-bond donors (Lipinski definition) is 1. The summed E-state index contributed by atoms with van der Waals surface area (Å²) in [5, 5.41) is 8.64. The van der Waals surface area contributed by atoms with Crippen molar-refractivity contribution in [2.75, 3.05) is 0 Å². The van der Waals surface area contributed by atoms with Gasteiger partial charge >= 0.3 is 5.97 Å². The second kappa shape index (κ2) is 5.08. The van der Waals surface area contributed by atoms with Gasteiger partial charge in [0, 0.05) is 17.3 Å². The van der Waals surface area contributed by atoms with Gasteiger partial charge in [-0.15, -0.1) is 0 Å². The summed E-state index contributed by atoms with van der Waals surface area (Å²) in [7, 11) is 0. The summed E-state index contributed by atoms with van der Waals surface area (Å²) in [5.41, 5.74) is 2.33. The highest BCUT2D eigenvalue weighted by Gasteiger charge is 2.22. The van der Waals surface area contributed by atoms with Crippen molar-refractivity contribution in [1.82, 2.24) is 0 Å². The normalized spacial score (nSPS) is 17.6. The number of fused-ring (bicyclic) bond motifs is 1. The fourth-order valence-electron chi connectivity index (χ4n) is 2.18. The topological polar surface area (TPSA) is 46.5 Å². The maximum Gasteiger partial charge on any atom is 0.303 e. The second-order valence-electron chi connectivity index (χ2n) is 4.43. The molecule has 0 saturated carbocycles. The number of aliphatic carboxylic acids is 1. The van der Waals surface area contributed by atoms with E-state index in [1.165, 1.54) is 5.56 Å². The van der Waals surface area contributed by atoms with Crippen LogP contribution in [0.2, 0.25) is 0 Å². The van der Waals surface area contributed by atoms with Crippen LogP contribution in [0.4, 0.5) is 0 Å². The molecule has 0 radical (unpaired) electrons. The standard InChI is InChI=1S/C13H15BrO3/c1-8-5-10-7-11(14)6-9(13(10)17-8)3-2-4-12(15)16/h6-8H,2-5H2,1H3,(H,15,16). The van der Waals surface area contributed by atoms with Crippen LogP contribution in [0.3, 0.4) is 0 Å². The third kappa shape index (κ3) is 3.00. The zero-order valence-electron chi connectivity index (χ0n) is 9.70. The van der Waals surface area contributed by atoms with Crippen LogP contribution in [-0.4, -0.2) is 17.2 Å². The van der Waals surface area contributed by atoms with Gasteiger partial charge in [0.2, 0.25) is 0 Å². The number of carboxylic acid groups (broad SMARTS) is 1. The Labute approximate surface area is 109 Å². The molecule has 2 rings (SSSR count). The molecule has 1 atom stereocenters. The van der Waals surface area contributed by atoms with Gasteiger partial charge in [-0.2, -0.15) is 0 Å². The predicted octanol–water partition coefficient (Wildman–Crippen LogP) is 3.18. The van der Waals surface area contributed by atoms with Gasteiger partial charge in [-0.3, -0.25) is 4.79 Å². The molecule has 0 amide bonds. The summed E-state index contributed by atoms with van der Waals surface area (Å²) >= 11 is 3.48. The van der Waals surface area contributed by atoms with Gasteiger partial charge in [0.1, 0.15) is 11.9 Å². The highest BCUT2D eigenvalue weighted by molar-refractivity contribution is 9.10. The third-order valence-electron chi connectivity index (χ3n) is 2.87. The molecule has 1 unspecified atom stereocenters. The smallest absolute Gasteiger partial charge is 0.303 e. The summed E-state index contributed by atoms with van der Waals surface area (Å²) in [4.78, 5) is 10.5. The highest BCUT2D eigenvalue weighted by atomic mass is 79.9. The average Bonchev–Trinajstić information content (AvgIpc) is 2.57. The first-order valence-electron chi connectivity index (χ1n) is 5.76. The number of carboxylic acids is 1. The minimum absolute atomic E-state index is 0.205. The highest BCUT2D eigenvalue weighted by Crippen LogP contribution is 2.36. The number of benzene rings is 1. The fraction of sp³-hybridized carbons (Fsp3) is 0.462. The van der Waals surface area contributed by atoms with Gasteiger partial charge in [0.15, 0.2) is 0 Å². The largest absolute Gasteiger partial charge is 0.490 e. The van der Waals surface area contributed by atoms with Gasteiger partial charge in [0.05, 0.1) is 0 Å². The van der Waals surface area contributed by atoms with Gasteiger partial charge in [-0.1, -0.05) is 15.9 Å². The molecule has 1 aromatic rings. The number of ether oxygens (including phenoxy) is 1. The maximum atomic E-state index is 10.5. The SMILES string of the molecule is CC1Cc2cc(Br)cc(CCCC(=O)O)c2O1. The van der Waals surface area contributed by atoms with Crippen LogP contribution in [0.1, 0.15) is 30.9 Å². The van der Waals surface area contributed by atoms with Crippen molar-refractivity contribution in [3.05, 3.63) is 27.7 Å². The summed E-state index contributed by atoms with van der Waals surface area (Å²) in [5.74, 6) is 0.219. The van der Waals surface area contributed by atoms with E-state index in [0.717, 1.165) is 28.6 Å². The molecule has 1 heterocycles. The van der Waals surface area contributed by atoms with Gasteiger partial charge in [-0.05, 0) is 43.0 Å². The number of rotatable bonds is 4. The van der Waals surface area contributed by atoms with Crippen molar-refractivity contribution < 1.29 is 14.6 Å². The number of carbonyl (C=O) groups is 1. The zero-order valence-corrected chi connectivity index (χ0v) is 11.3. The van der Waals surface area contributed by atoms with Crippen LogP contribution in [0.5, 0.6) is 5.75 Å². The summed E-state index contributed by atoms with van der Waals surface area (Å²) in [6.07, 6.45) is 2.76. The molecule has 17 heavy (non-hydrogen) atoms. The Morgan fingerprint density at radius 3 is 3.06 bits per heavy atom. The Balaban J connectivity index is 2.14. The lowest BCUT2D eigenvalue weighted by molar-refractivity contribution is -0.137. The molecule has 1 aliphatic rings. The van der Waals surface area contributed by atoms with E-state index >= 15 is 0 Å². The molecule has 1 aliphatic heterocycles. The van der Waals surface area contributed by atoms with Crippen LogP contribution >= 0.6 is 15.9 Å². The Morgan fingerprint density at radius 1 is 1.59 bits per heavy atom. The third-order valence-corrected chi connectivity index (χ3v) is 3.33. The molecule has 1 N–H and O–H groups in total. The minimum atomic E-state index is -0.745. The molecule has 0 aliphatic carbocycles. The lowest BCUT2D eigenvalue weighted by atomic mass is 10.0. The van der Waals surface area contributed by atoms with Crippen molar-refractivity contribution in [1.29, 1.82) is 0 Å². The number of hydrogen-bond acceptors (Lipinski definition) is 2. The second-order valence-corrected chi connectivity index (χ2v) is 5.35. The Hall–Kier alpha value is -1.03. The molecule has 0 spiro atoms. The van der Waals surface area contributed by atoms with E-state index in [0.29, 0.717) is 6.42 Å². The number of halogens is 1. The van der Waals surface area contributed by atoms with E-state index < -0.39 is 5.97 Å². The molecular formula is C13H15BrO3. The molecule has 0 bridgehead atoms. The van der Waals surface area contributed by atoms with Crippen molar-refractivity contribution >= 4 is 21.9 Å². The van der Waals surface area contributed by atoms with E-state index in [1.54, 1.807) is 0 Å². The van der Waals surface area contributed by atoms with Gasteiger partial charge in [-0.25, -0.2) is 0 Å². The molecule has 92 valence electrons. The molecule has 4 heteroatoms. The monoisotopic (exact) mass is 298 g/mol.